The van der Waals surface area contributed by atoms with Crippen molar-refractivity contribution >= 4 is 17.7 Å². The van der Waals surface area contributed by atoms with Crippen molar-refractivity contribution in [2.75, 3.05) is 12.9 Å². The molecule has 8 heteroatoms. The Kier molecular flexibility index (Phi) is 6.65. The molecule has 1 N–H and O–H groups in total. The largest absolute Gasteiger partial charge is 0.497 e. The molecule has 1 atom stereocenters. The maximum Gasteiger partial charge on any atom is 0.230 e. The number of nitrogens with one attached hydrogen (secondary N) is 1. The van der Waals surface area contributed by atoms with Crippen molar-refractivity contribution in [2.45, 2.75) is 31.3 Å². The Morgan fingerprint density at radius 2 is 1.96 bits per heavy atom. The zero-order chi connectivity index (χ0) is 19.9. The first kappa shape index (κ1) is 19.9. The van der Waals surface area contributed by atoms with E-state index in [1.165, 1.54) is 11.8 Å². The van der Waals surface area contributed by atoms with E-state index in [2.05, 4.69) is 20.6 Å². The number of rotatable bonds is 8. The SMILES string of the molecule is CCC(C)NC(=O)CSc1ccc(-n2nccc2-c2ccc(OC)cc2)nn1. The van der Waals surface area contributed by atoms with E-state index in [0.29, 0.717) is 16.6 Å². The summed E-state index contributed by atoms with van der Waals surface area (Å²) in [6, 6.07) is 13.6. The average molecular weight is 398 g/mol. The highest BCUT2D eigenvalue weighted by molar-refractivity contribution is 7.99. The summed E-state index contributed by atoms with van der Waals surface area (Å²) in [5.74, 6) is 1.73. The molecule has 28 heavy (non-hydrogen) atoms. The van der Waals surface area contributed by atoms with Crippen LogP contribution in [0.5, 0.6) is 5.75 Å². The van der Waals surface area contributed by atoms with Gasteiger partial charge in [-0.05, 0) is 55.8 Å². The van der Waals surface area contributed by atoms with E-state index in [0.717, 1.165) is 23.4 Å². The molecule has 7 nitrogen and oxygen atoms in total. The third-order valence-corrected chi connectivity index (χ3v) is 5.16. The molecule has 0 aliphatic carbocycles. The highest BCUT2D eigenvalue weighted by Gasteiger charge is 2.11. The van der Waals surface area contributed by atoms with Gasteiger partial charge in [-0.1, -0.05) is 18.7 Å². The first-order chi connectivity index (χ1) is 13.6. The minimum atomic E-state index is -0.000838. The molecule has 0 aliphatic heterocycles. The minimum Gasteiger partial charge on any atom is -0.497 e. The Morgan fingerprint density at radius 1 is 1.18 bits per heavy atom. The van der Waals surface area contributed by atoms with Crippen LogP contribution in [0.3, 0.4) is 0 Å². The highest BCUT2D eigenvalue weighted by atomic mass is 32.2. The number of carbonyl (C=O) groups is 1. The second kappa shape index (κ2) is 9.36. The van der Waals surface area contributed by atoms with Crippen molar-refractivity contribution in [3.63, 3.8) is 0 Å². The Morgan fingerprint density at radius 3 is 2.61 bits per heavy atom. The zero-order valence-corrected chi connectivity index (χ0v) is 16.9. The zero-order valence-electron chi connectivity index (χ0n) is 16.1. The molecule has 2 aromatic heterocycles. The molecule has 146 valence electrons. The third kappa shape index (κ3) is 4.89. The molecule has 2 heterocycles. The van der Waals surface area contributed by atoms with E-state index in [1.54, 1.807) is 18.0 Å². The van der Waals surface area contributed by atoms with E-state index in [9.17, 15) is 4.79 Å². The van der Waals surface area contributed by atoms with Gasteiger partial charge in [0.1, 0.15) is 10.8 Å². The maximum absolute atomic E-state index is 11.9. The average Bonchev–Trinajstić information content (AvgIpc) is 3.22. The summed E-state index contributed by atoms with van der Waals surface area (Å²) in [6.07, 6.45) is 2.63. The molecule has 0 spiro atoms. The number of hydrogen-bond donors (Lipinski definition) is 1. The van der Waals surface area contributed by atoms with Crippen LogP contribution in [0.25, 0.3) is 17.1 Å². The lowest BCUT2D eigenvalue weighted by molar-refractivity contribution is -0.119. The van der Waals surface area contributed by atoms with Gasteiger partial charge in [0.25, 0.3) is 0 Å². The number of carbonyl (C=O) groups excluding carboxylic acids is 1. The molecule has 3 aromatic rings. The molecular weight excluding hydrogens is 374 g/mol. The Bertz CT molecular complexity index is 909. The van der Waals surface area contributed by atoms with E-state index < -0.39 is 0 Å². The van der Waals surface area contributed by atoms with Gasteiger partial charge in [0.2, 0.25) is 5.91 Å². The molecule has 1 amide bonds. The number of thioether (sulfide) groups is 1. The standard InChI is InChI=1S/C20H23N5O2S/c1-4-14(2)22-19(26)13-28-20-10-9-18(23-24-20)25-17(11-12-21-25)15-5-7-16(27-3)8-6-15/h5-12,14H,4,13H2,1-3H3,(H,22,26). The number of amides is 1. The van der Waals surface area contributed by atoms with Crippen LogP contribution in [0, 0.1) is 0 Å². The van der Waals surface area contributed by atoms with Gasteiger partial charge in [0, 0.05) is 11.6 Å². The second-order valence-electron chi connectivity index (χ2n) is 6.25. The smallest absolute Gasteiger partial charge is 0.230 e. The second-order valence-corrected chi connectivity index (χ2v) is 7.25. The molecule has 3 rings (SSSR count). The van der Waals surface area contributed by atoms with E-state index in [-0.39, 0.29) is 11.9 Å². The fraction of sp³-hybridized carbons (Fsp3) is 0.300. The van der Waals surface area contributed by atoms with Gasteiger partial charge in [-0.15, -0.1) is 10.2 Å². The molecule has 1 aromatic carbocycles. The lowest BCUT2D eigenvalue weighted by Crippen LogP contribution is -2.33. The van der Waals surface area contributed by atoms with Gasteiger partial charge in [-0.25, -0.2) is 4.68 Å². The predicted octanol–water partition coefficient (Wildman–Crippen LogP) is 3.34. The molecule has 0 bridgehead atoms. The fourth-order valence-corrected chi connectivity index (χ4v) is 3.15. The minimum absolute atomic E-state index is 0.000838. The van der Waals surface area contributed by atoms with Crippen LogP contribution in [0.1, 0.15) is 20.3 Å². The van der Waals surface area contributed by atoms with Gasteiger partial charge in [0.05, 0.1) is 24.8 Å². The summed E-state index contributed by atoms with van der Waals surface area (Å²) in [5.41, 5.74) is 1.91. The van der Waals surface area contributed by atoms with Crippen molar-refractivity contribution in [3.8, 4) is 22.8 Å². The number of ether oxygens (including phenoxy) is 1. The van der Waals surface area contributed by atoms with Crippen LogP contribution in [0.4, 0.5) is 0 Å². The van der Waals surface area contributed by atoms with Gasteiger partial charge in [-0.3, -0.25) is 4.79 Å². The lowest BCUT2D eigenvalue weighted by Gasteiger charge is -2.10. The van der Waals surface area contributed by atoms with Crippen LogP contribution >= 0.6 is 11.8 Å². The quantitative estimate of drug-likeness (QED) is 0.587. The summed E-state index contributed by atoms with van der Waals surface area (Å²) < 4.78 is 6.94. The van der Waals surface area contributed by atoms with Crippen molar-refractivity contribution in [1.29, 1.82) is 0 Å². The molecule has 0 saturated heterocycles. The number of hydrogen-bond acceptors (Lipinski definition) is 6. The van der Waals surface area contributed by atoms with Crippen LogP contribution in [0.15, 0.2) is 53.7 Å². The summed E-state index contributed by atoms with van der Waals surface area (Å²) in [6.45, 7) is 4.03. The molecule has 0 radical (unpaired) electrons. The van der Waals surface area contributed by atoms with Crippen LogP contribution in [0.2, 0.25) is 0 Å². The number of benzene rings is 1. The predicted molar refractivity (Wildman–Crippen MR) is 110 cm³/mol. The van der Waals surface area contributed by atoms with Crippen molar-refractivity contribution in [3.05, 3.63) is 48.7 Å². The highest BCUT2D eigenvalue weighted by Crippen LogP contribution is 2.24. The summed E-state index contributed by atoms with van der Waals surface area (Å²) >= 11 is 1.36. The van der Waals surface area contributed by atoms with E-state index >= 15 is 0 Å². The number of nitrogens with zero attached hydrogens (tertiary/aromatic N) is 4. The molecule has 0 saturated carbocycles. The molecule has 1 unspecified atom stereocenters. The van der Waals surface area contributed by atoms with Gasteiger partial charge in [-0.2, -0.15) is 5.10 Å². The van der Waals surface area contributed by atoms with Crippen molar-refractivity contribution in [2.24, 2.45) is 0 Å². The fourth-order valence-electron chi connectivity index (χ4n) is 2.53. The first-order valence-electron chi connectivity index (χ1n) is 9.05. The lowest BCUT2D eigenvalue weighted by atomic mass is 10.1. The van der Waals surface area contributed by atoms with Crippen LogP contribution in [-0.4, -0.2) is 44.8 Å². The first-order valence-corrected chi connectivity index (χ1v) is 10.0. The number of aromatic nitrogens is 4. The maximum atomic E-state index is 11.9. The molecular formula is C20H23N5O2S. The van der Waals surface area contributed by atoms with Gasteiger partial charge >= 0.3 is 0 Å². The Balaban J connectivity index is 1.69. The third-order valence-electron chi connectivity index (χ3n) is 4.24. The topological polar surface area (TPSA) is 81.9 Å². The van der Waals surface area contributed by atoms with Crippen LogP contribution in [-0.2, 0) is 4.79 Å². The van der Waals surface area contributed by atoms with E-state index in [4.69, 9.17) is 4.74 Å². The monoisotopic (exact) mass is 397 g/mol. The summed E-state index contributed by atoms with van der Waals surface area (Å²) in [5, 5.41) is 16.5. The summed E-state index contributed by atoms with van der Waals surface area (Å²) in [4.78, 5) is 11.9. The van der Waals surface area contributed by atoms with Crippen molar-refractivity contribution in [1.82, 2.24) is 25.3 Å². The number of methoxy groups -OCH3 is 1. The molecule has 0 fully saturated rings. The van der Waals surface area contributed by atoms with Gasteiger partial charge < -0.3 is 10.1 Å². The van der Waals surface area contributed by atoms with Crippen LogP contribution < -0.4 is 10.1 Å². The van der Waals surface area contributed by atoms with E-state index in [1.807, 2.05) is 56.3 Å². The Labute approximate surface area is 168 Å². The van der Waals surface area contributed by atoms with Gasteiger partial charge in [0.15, 0.2) is 5.82 Å². The summed E-state index contributed by atoms with van der Waals surface area (Å²) in [7, 11) is 1.64. The van der Waals surface area contributed by atoms with Crippen molar-refractivity contribution < 1.29 is 9.53 Å². The Hall–Kier alpha value is -2.87. The normalized spacial score (nSPS) is 11.8. The molecule has 0 aliphatic rings.